The van der Waals surface area contributed by atoms with Crippen LogP contribution in [0.4, 0.5) is 17.1 Å². The van der Waals surface area contributed by atoms with Gasteiger partial charge in [0.1, 0.15) is 11.2 Å². The number of hydrogen-bond donors (Lipinski definition) is 0. The molecular formula is C56H36N2O. The predicted octanol–water partition coefficient (Wildman–Crippen LogP) is 15.8. The van der Waals surface area contributed by atoms with Crippen LogP contribution in [-0.4, -0.2) is 4.57 Å². The van der Waals surface area contributed by atoms with Gasteiger partial charge in [0.25, 0.3) is 0 Å². The molecule has 2 heterocycles. The first-order chi connectivity index (χ1) is 29.3. The minimum absolute atomic E-state index is 0.881. The topological polar surface area (TPSA) is 21.3 Å². The van der Waals surface area contributed by atoms with Crippen LogP contribution in [0.5, 0.6) is 0 Å². The quantitative estimate of drug-likeness (QED) is 0.158. The molecule has 0 bridgehead atoms. The summed E-state index contributed by atoms with van der Waals surface area (Å²) in [6.45, 7) is 0. The second-order valence-corrected chi connectivity index (χ2v) is 15.3. The molecule has 0 fully saturated rings. The molecule has 0 aliphatic heterocycles. The lowest BCUT2D eigenvalue weighted by molar-refractivity contribution is 0.669. The molecule has 0 amide bonds. The zero-order chi connectivity index (χ0) is 38.9. The van der Waals surface area contributed by atoms with Crippen molar-refractivity contribution >= 4 is 82.4 Å². The maximum Gasteiger partial charge on any atom is 0.136 e. The molecule has 12 rings (SSSR count). The molecule has 0 aliphatic carbocycles. The number of fused-ring (bicyclic) bond motifs is 9. The fraction of sp³-hybridized carbons (Fsp3) is 0. The van der Waals surface area contributed by atoms with Gasteiger partial charge >= 0.3 is 0 Å². The number of rotatable bonds is 6. The maximum atomic E-state index is 6.40. The summed E-state index contributed by atoms with van der Waals surface area (Å²) in [4.78, 5) is 2.41. The fourth-order valence-corrected chi connectivity index (χ4v) is 9.29. The third-order valence-electron chi connectivity index (χ3n) is 12.0. The largest absolute Gasteiger partial charge is 0.456 e. The van der Waals surface area contributed by atoms with Crippen molar-refractivity contribution in [3.63, 3.8) is 0 Å². The van der Waals surface area contributed by atoms with E-state index < -0.39 is 0 Å². The second kappa shape index (κ2) is 13.4. The van der Waals surface area contributed by atoms with Gasteiger partial charge in [-0.1, -0.05) is 146 Å². The van der Waals surface area contributed by atoms with Crippen LogP contribution in [-0.2, 0) is 0 Å². The number of furan rings is 1. The highest BCUT2D eigenvalue weighted by Crippen LogP contribution is 2.46. The van der Waals surface area contributed by atoms with Gasteiger partial charge in [-0.25, -0.2) is 0 Å². The van der Waals surface area contributed by atoms with Crippen molar-refractivity contribution < 1.29 is 4.42 Å². The number of aromatic nitrogens is 1. The van der Waals surface area contributed by atoms with E-state index >= 15 is 0 Å². The van der Waals surface area contributed by atoms with E-state index in [0.29, 0.717) is 0 Å². The molecular weight excluding hydrogens is 717 g/mol. The lowest BCUT2D eigenvalue weighted by Gasteiger charge is -2.28. The molecule has 3 nitrogen and oxygen atoms in total. The first-order valence-corrected chi connectivity index (χ1v) is 20.2. The summed E-state index contributed by atoms with van der Waals surface area (Å²) in [6.07, 6.45) is 0. The van der Waals surface area contributed by atoms with Crippen molar-refractivity contribution in [1.82, 2.24) is 4.57 Å². The van der Waals surface area contributed by atoms with Crippen LogP contribution in [0, 0.1) is 0 Å². The summed E-state index contributed by atoms with van der Waals surface area (Å²) in [5, 5.41) is 9.77. The Balaban J connectivity index is 1.05. The van der Waals surface area contributed by atoms with Gasteiger partial charge < -0.3 is 13.9 Å². The monoisotopic (exact) mass is 752 g/mol. The van der Waals surface area contributed by atoms with Gasteiger partial charge in [-0.2, -0.15) is 0 Å². The normalized spacial score (nSPS) is 11.7. The Labute approximate surface area is 341 Å². The molecule has 0 spiro atoms. The van der Waals surface area contributed by atoms with Gasteiger partial charge in [0.2, 0.25) is 0 Å². The number of benzene rings is 10. The van der Waals surface area contributed by atoms with Crippen molar-refractivity contribution in [3.8, 4) is 27.9 Å². The summed E-state index contributed by atoms with van der Waals surface area (Å²) in [5.74, 6) is 0. The van der Waals surface area contributed by atoms with Crippen molar-refractivity contribution in [2.45, 2.75) is 0 Å². The van der Waals surface area contributed by atoms with Crippen molar-refractivity contribution in [2.75, 3.05) is 4.90 Å². The Hall–Kier alpha value is -7.88. The summed E-state index contributed by atoms with van der Waals surface area (Å²) in [6, 6.07) is 78.8. The van der Waals surface area contributed by atoms with Crippen molar-refractivity contribution in [3.05, 3.63) is 218 Å². The number of anilines is 3. The highest BCUT2D eigenvalue weighted by molar-refractivity contribution is 6.14. The van der Waals surface area contributed by atoms with E-state index in [-0.39, 0.29) is 0 Å². The third kappa shape index (κ3) is 5.36. The molecule has 0 aliphatic rings. The highest BCUT2D eigenvalue weighted by Gasteiger charge is 2.21. The molecule has 0 radical (unpaired) electrons. The average Bonchev–Trinajstić information content (AvgIpc) is 3.86. The Morgan fingerprint density at radius 3 is 1.80 bits per heavy atom. The first kappa shape index (κ1) is 33.3. The van der Waals surface area contributed by atoms with E-state index in [1.807, 2.05) is 6.07 Å². The third-order valence-corrected chi connectivity index (χ3v) is 12.0. The molecule has 0 atom stereocenters. The minimum atomic E-state index is 0.881. The van der Waals surface area contributed by atoms with Gasteiger partial charge in [0, 0.05) is 44.2 Å². The number of hydrogen-bond acceptors (Lipinski definition) is 2. The average molecular weight is 753 g/mol. The standard InChI is InChI=1S/C56H36N2O/c1-2-16-44-37(13-1)27-28-40-35-39(29-34-45(40)44)38-14-11-15-43(36-38)57(41-30-32-42(33-31-41)58-52-23-8-3-17-46(52)47-18-4-9-24-53(47)58)51-22-7-5-19-48(51)49-21-12-26-55-56(49)50-20-6-10-25-54(50)59-55/h1-36H. The first-order valence-electron chi connectivity index (χ1n) is 20.2. The molecule has 3 heteroatoms. The van der Waals surface area contributed by atoms with Crippen LogP contribution in [0.25, 0.3) is 93.2 Å². The van der Waals surface area contributed by atoms with Crippen molar-refractivity contribution in [2.24, 2.45) is 0 Å². The molecule has 10 aromatic carbocycles. The minimum Gasteiger partial charge on any atom is -0.456 e. The van der Waals surface area contributed by atoms with Crippen LogP contribution in [0.3, 0.4) is 0 Å². The number of nitrogens with zero attached hydrogens (tertiary/aromatic N) is 2. The zero-order valence-electron chi connectivity index (χ0n) is 32.1. The molecule has 0 N–H and O–H groups in total. The Morgan fingerprint density at radius 2 is 0.966 bits per heavy atom. The van der Waals surface area contributed by atoms with Crippen LogP contribution in [0.1, 0.15) is 0 Å². The van der Waals surface area contributed by atoms with E-state index in [1.54, 1.807) is 0 Å². The van der Waals surface area contributed by atoms with Gasteiger partial charge in [0.05, 0.1) is 16.7 Å². The maximum absolute atomic E-state index is 6.40. The van der Waals surface area contributed by atoms with Crippen molar-refractivity contribution in [1.29, 1.82) is 0 Å². The molecule has 2 aromatic heterocycles. The Kier molecular flexibility index (Phi) is 7.54. The van der Waals surface area contributed by atoms with Crippen LogP contribution < -0.4 is 4.90 Å². The second-order valence-electron chi connectivity index (χ2n) is 15.3. The van der Waals surface area contributed by atoms with Crippen LogP contribution in [0.2, 0.25) is 0 Å². The van der Waals surface area contributed by atoms with E-state index in [2.05, 4.69) is 222 Å². The predicted molar refractivity (Wildman–Crippen MR) is 249 cm³/mol. The summed E-state index contributed by atoms with van der Waals surface area (Å²) in [7, 11) is 0. The number of para-hydroxylation sites is 4. The van der Waals surface area contributed by atoms with Gasteiger partial charge in [0.15, 0.2) is 0 Å². The SMILES string of the molecule is c1cc(-c2ccc3c(ccc4ccccc43)c2)cc(N(c2ccc(-n3c4ccccc4c4ccccc43)cc2)c2ccccc2-c2cccc3oc4ccccc4c23)c1. The lowest BCUT2D eigenvalue weighted by atomic mass is 9.96. The smallest absolute Gasteiger partial charge is 0.136 e. The zero-order valence-corrected chi connectivity index (χ0v) is 32.1. The van der Waals surface area contributed by atoms with Gasteiger partial charge in [-0.05, 0) is 111 Å². The molecule has 0 unspecified atom stereocenters. The molecule has 276 valence electrons. The van der Waals surface area contributed by atoms with E-state index in [1.165, 1.54) is 48.9 Å². The molecule has 0 saturated carbocycles. The van der Waals surface area contributed by atoms with E-state index in [0.717, 1.165) is 61.4 Å². The van der Waals surface area contributed by atoms with E-state index in [9.17, 15) is 0 Å². The summed E-state index contributed by atoms with van der Waals surface area (Å²) >= 11 is 0. The highest BCUT2D eigenvalue weighted by atomic mass is 16.3. The molecule has 12 aromatic rings. The van der Waals surface area contributed by atoms with Gasteiger partial charge in [-0.15, -0.1) is 0 Å². The lowest BCUT2D eigenvalue weighted by Crippen LogP contribution is -2.11. The summed E-state index contributed by atoms with van der Waals surface area (Å²) in [5.41, 5.74) is 13.1. The Morgan fingerprint density at radius 1 is 0.356 bits per heavy atom. The van der Waals surface area contributed by atoms with Gasteiger partial charge in [-0.3, -0.25) is 0 Å². The Bertz CT molecular complexity index is 3520. The van der Waals surface area contributed by atoms with E-state index in [4.69, 9.17) is 4.42 Å². The van der Waals surface area contributed by atoms with Crippen LogP contribution >= 0.6 is 0 Å². The van der Waals surface area contributed by atoms with Crippen LogP contribution in [0.15, 0.2) is 223 Å². The molecule has 59 heavy (non-hydrogen) atoms. The fourth-order valence-electron chi connectivity index (χ4n) is 9.29. The molecule has 0 saturated heterocycles. The summed E-state index contributed by atoms with van der Waals surface area (Å²) < 4.78 is 8.77.